The van der Waals surface area contributed by atoms with Crippen molar-refractivity contribution in [2.24, 2.45) is 11.8 Å². The highest BCUT2D eigenvalue weighted by molar-refractivity contribution is 9.10. The molecule has 1 aromatic heterocycles. The first-order valence-corrected chi connectivity index (χ1v) is 6.18. The van der Waals surface area contributed by atoms with Crippen molar-refractivity contribution in [3.05, 3.63) is 20.8 Å². The zero-order chi connectivity index (χ0) is 9.26. The first kappa shape index (κ1) is 9.65. The topological polar surface area (TPSA) is 38.0 Å². The lowest BCUT2D eigenvalue weighted by atomic mass is 9.79. The van der Waals surface area contributed by atoms with Crippen molar-refractivity contribution in [1.29, 1.82) is 0 Å². The van der Waals surface area contributed by atoms with Gasteiger partial charge < -0.3 is 0 Å². The smallest absolute Gasteiger partial charge is 0.0581 e. The summed E-state index contributed by atoms with van der Waals surface area (Å²) in [5.74, 6) is 6.31. The fourth-order valence-corrected chi connectivity index (χ4v) is 3.31. The second-order valence-corrected chi connectivity index (χ2v) is 5.36. The van der Waals surface area contributed by atoms with E-state index in [2.05, 4.69) is 32.8 Å². The maximum absolute atomic E-state index is 5.57. The van der Waals surface area contributed by atoms with Crippen LogP contribution in [0.1, 0.15) is 30.2 Å². The molecule has 1 atom stereocenters. The van der Waals surface area contributed by atoms with E-state index in [0.717, 1.165) is 10.4 Å². The molecule has 0 spiro atoms. The van der Waals surface area contributed by atoms with E-state index in [-0.39, 0.29) is 0 Å². The normalized spacial score (nSPS) is 19.8. The van der Waals surface area contributed by atoms with Gasteiger partial charge in [0, 0.05) is 14.7 Å². The Bertz CT molecular complexity index is 283. The van der Waals surface area contributed by atoms with Crippen molar-refractivity contribution >= 4 is 27.3 Å². The molecule has 2 nitrogen and oxygen atoms in total. The van der Waals surface area contributed by atoms with E-state index in [4.69, 9.17) is 5.84 Å². The molecule has 0 amide bonds. The molecule has 0 aromatic carbocycles. The second kappa shape index (κ2) is 4.09. The first-order valence-electron chi connectivity index (χ1n) is 4.51. The van der Waals surface area contributed by atoms with Gasteiger partial charge in [-0.15, -0.1) is 11.3 Å². The Morgan fingerprint density at radius 2 is 2.38 bits per heavy atom. The lowest BCUT2D eigenvalue weighted by Crippen LogP contribution is -2.35. The van der Waals surface area contributed by atoms with Crippen LogP contribution in [0.25, 0.3) is 0 Å². The third-order valence-electron chi connectivity index (χ3n) is 2.70. The average Bonchev–Trinajstić information content (AvgIpc) is 2.43. The Labute approximate surface area is 90.6 Å². The molecule has 1 aliphatic rings. The molecule has 1 aliphatic carbocycles. The van der Waals surface area contributed by atoms with Crippen LogP contribution in [-0.2, 0) is 0 Å². The van der Waals surface area contributed by atoms with Crippen molar-refractivity contribution in [3.63, 3.8) is 0 Å². The van der Waals surface area contributed by atoms with Crippen LogP contribution in [0, 0.1) is 5.92 Å². The molecular formula is C9H13BrN2S. The Kier molecular flexibility index (Phi) is 3.03. The number of nitrogens with one attached hydrogen (secondary N) is 1. The minimum Gasteiger partial charge on any atom is -0.271 e. The molecule has 1 saturated carbocycles. The van der Waals surface area contributed by atoms with Crippen LogP contribution in [0.15, 0.2) is 15.9 Å². The van der Waals surface area contributed by atoms with Gasteiger partial charge in [0.2, 0.25) is 0 Å². The summed E-state index contributed by atoms with van der Waals surface area (Å²) in [6.45, 7) is 0. The van der Waals surface area contributed by atoms with Crippen molar-refractivity contribution in [2.45, 2.75) is 25.3 Å². The molecule has 2 rings (SSSR count). The van der Waals surface area contributed by atoms with Crippen molar-refractivity contribution < 1.29 is 0 Å². The van der Waals surface area contributed by atoms with Gasteiger partial charge in [0.1, 0.15) is 0 Å². The van der Waals surface area contributed by atoms with Gasteiger partial charge in [0.25, 0.3) is 0 Å². The van der Waals surface area contributed by atoms with E-state index in [1.807, 2.05) is 0 Å². The molecular weight excluding hydrogens is 248 g/mol. The van der Waals surface area contributed by atoms with Crippen LogP contribution in [-0.4, -0.2) is 0 Å². The summed E-state index contributed by atoms with van der Waals surface area (Å²) in [6.07, 6.45) is 3.98. The highest BCUT2D eigenvalue weighted by atomic mass is 79.9. The van der Waals surface area contributed by atoms with E-state index in [1.54, 1.807) is 11.3 Å². The lowest BCUT2D eigenvalue weighted by Gasteiger charge is -2.32. The number of thiophene rings is 1. The highest BCUT2D eigenvalue weighted by Gasteiger charge is 2.28. The molecule has 72 valence electrons. The van der Waals surface area contributed by atoms with Crippen LogP contribution in [0.4, 0.5) is 0 Å². The molecule has 0 aliphatic heterocycles. The number of halogens is 1. The van der Waals surface area contributed by atoms with Crippen LogP contribution >= 0.6 is 27.3 Å². The molecule has 1 fully saturated rings. The number of hydrogen-bond donors (Lipinski definition) is 2. The van der Waals surface area contributed by atoms with E-state index < -0.39 is 0 Å². The van der Waals surface area contributed by atoms with Gasteiger partial charge in [-0.05, 0) is 40.8 Å². The molecule has 13 heavy (non-hydrogen) atoms. The predicted octanol–water partition coefficient (Wildman–Crippen LogP) is 2.82. The van der Waals surface area contributed by atoms with E-state index in [9.17, 15) is 0 Å². The molecule has 0 saturated heterocycles. The zero-order valence-electron chi connectivity index (χ0n) is 7.29. The number of rotatable bonds is 3. The number of nitrogens with two attached hydrogens (primary N) is 1. The maximum atomic E-state index is 5.57. The zero-order valence-corrected chi connectivity index (χ0v) is 9.70. The minimum absolute atomic E-state index is 0.366. The van der Waals surface area contributed by atoms with Crippen LogP contribution in [0.5, 0.6) is 0 Å². The average molecular weight is 261 g/mol. The fourth-order valence-electron chi connectivity index (χ4n) is 1.72. The predicted molar refractivity (Wildman–Crippen MR) is 59.4 cm³/mol. The fraction of sp³-hybridized carbons (Fsp3) is 0.556. The molecule has 4 heteroatoms. The summed E-state index contributed by atoms with van der Waals surface area (Å²) < 4.78 is 1.16. The van der Waals surface area contributed by atoms with Crippen molar-refractivity contribution in [1.82, 2.24) is 5.43 Å². The van der Waals surface area contributed by atoms with Gasteiger partial charge in [0.15, 0.2) is 0 Å². The summed E-state index contributed by atoms with van der Waals surface area (Å²) in [7, 11) is 0. The quantitative estimate of drug-likeness (QED) is 0.648. The highest BCUT2D eigenvalue weighted by Crippen LogP contribution is 2.39. The van der Waals surface area contributed by atoms with E-state index >= 15 is 0 Å². The third-order valence-corrected chi connectivity index (χ3v) is 4.47. The van der Waals surface area contributed by atoms with Gasteiger partial charge in [-0.25, -0.2) is 0 Å². The summed E-state index contributed by atoms with van der Waals surface area (Å²) >= 11 is 5.23. The SMILES string of the molecule is NNC(c1cc(Br)cs1)C1CCC1. The van der Waals surface area contributed by atoms with Gasteiger partial charge in [-0.1, -0.05) is 6.42 Å². The molecule has 0 bridgehead atoms. The Balaban J connectivity index is 2.11. The van der Waals surface area contributed by atoms with Crippen LogP contribution in [0.3, 0.4) is 0 Å². The monoisotopic (exact) mass is 260 g/mol. The van der Waals surface area contributed by atoms with E-state index in [1.165, 1.54) is 24.1 Å². The summed E-state index contributed by atoms with van der Waals surface area (Å²) in [4.78, 5) is 1.35. The molecule has 1 heterocycles. The first-order chi connectivity index (χ1) is 6.31. The Morgan fingerprint density at radius 1 is 1.62 bits per heavy atom. The van der Waals surface area contributed by atoms with Crippen molar-refractivity contribution in [3.8, 4) is 0 Å². The summed E-state index contributed by atoms with van der Waals surface area (Å²) in [6, 6.07) is 2.53. The Hall–Kier alpha value is 0.1000. The number of hydrogen-bond acceptors (Lipinski definition) is 3. The van der Waals surface area contributed by atoms with Crippen molar-refractivity contribution in [2.75, 3.05) is 0 Å². The van der Waals surface area contributed by atoms with Crippen LogP contribution < -0.4 is 11.3 Å². The van der Waals surface area contributed by atoms with Gasteiger partial charge in [0.05, 0.1) is 6.04 Å². The second-order valence-electron chi connectivity index (χ2n) is 3.50. The third kappa shape index (κ3) is 1.96. The largest absolute Gasteiger partial charge is 0.271 e. The van der Waals surface area contributed by atoms with Gasteiger partial charge in [-0.3, -0.25) is 11.3 Å². The Morgan fingerprint density at radius 3 is 2.77 bits per heavy atom. The summed E-state index contributed by atoms with van der Waals surface area (Å²) in [5.41, 5.74) is 2.92. The van der Waals surface area contributed by atoms with E-state index in [0.29, 0.717) is 6.04 Å². The lowest BCUT2D eigenvalue weighted by molar-refractivity contribution is 0.235. The standard InChI is InChI=1S/C9H13BrN2S/c10-7-4-8(13-5-7)9(12-11)6-2-1-3-6/h4-6,9,12H,1-3,11H2. The number of hydrazine groups is 1. The molecule has 3 N–H and O–H groups in total. The van der Waals surface area contributed by atoms with Crippen LogP contribution in [0.2, 0.25) is 0 Å². The molecule has 1 unspecified atom stereocenters. The van der Waals surface area contributed by atoms with Gasteiger partial charge >= 0.3 is 0 Å². The molecule has 0 radical (unpaired) electrons. The maximum Gasteiger partial charge on any atom is 0.0581 e. The summed E-state index contributed by atoms with van der Waals surface area (Å²) in [5, 5.41) is 2.11. The molecule has 1 aromatic rings. The van der Waals surface area contributed by atoms with Gasteiger partial charge in [-0.2, -0.15) is 0 Å². The minimum atomic E-state index is 0.366.